The van der Waals surface area contributed by atoms with Crippen LogP contribution in [0.4, 0.5) is 0 Å². The highest BCUT2D eigenvalue weighted by Crippen LogP contribution is 2.11. The van der Waals surface area contributed by atoms with E-state index in [1.165, 1.54) is 0 Å². The summed E-state index contributed by atoms with van der Waals surface area (Å²) in [6.07, 6.45) is 1.76. The minimum Gasteiger partial charge on any atom is -0.497 e. The molecule has 0 spiro atoms. The summed E-state index contributed by atoms with van der Waals surface area (Å²) in [5.74, 6) is 0.474. The highest BCUT2D eigenvalue weighted by molar-refractivity contribution is 6.04. The maximum absolute atomic E-state index is 12.1. The molecule has 0 aliphatic heterocycles. The number of amidine groups is 1. The zero-order valence-corrected chi connectivity index (χ0v) is 12.3. The number of carbonyl (C=O) groups is 1. The summed E-state index contributed by atoms with van der Waals surface area (Å²) in [7, 11) is 1.59. The second kappa shape index (κ2) is 8.96. The van der Waals surface area contributed by atoms with Crippen molar-refractivity contribution in [3.8, 4) is 5.75 Å². The number of rotatable bonds is 6. The normalized spacial score (nSPS) is 11.1. The van der Waals surface area contributed by atoms with Gasteiger partial charge in [-0.2, -0.15) is 0 Å². The zero-order chi connectivity index (χ0) is 14.8. The molecule has 110 valence electrons. The Labute approximate surface area is 120 Å². The van der Waals surface area contributed by atoms with Crippen LogP contribution >= 0.6 is 0 Å². The molecule has 0 atom stereocenters. The summed E-state index contributed by atoms with van der Waals surface area (Å²) >= 11 is 0. The first-order valence-corrected chi connectivity index (χ1v) is 6.83. The van der Waals surface area contributed by atoms with Crippen LogP contribution in [0.3, 0.4) is 0 Å². The van der Waals surface area contributed by atoms with Crippen molar-refractivity contribution in [2.75, 3.05) is 20.3 Å². The molecule has 1 rings (SSSR count). The molecule has 0 radical (unpaired) electrons. The first kappa shape index (κ1) is 16.0. The molecule has 20 heavy (non-hydrogen) atoms. The summed E-state index contributed by atoms with van der Waals surface area (Å²) < 4.78 is 10.5. The third-order valence-corrected chi connectivity index (χ3v) is 2.49. The van der Waals surface area contributed by atoms with E-state index in [0.717, 1.165) is 12.8 Å². The van der Waals surface area contributed by atoms with Gasteiger partial charge in [0.1, 0.15) is 5.75 Å². The number of methoxy groups -OCH3 is 1. The highest BCUT2D eigenvalue weighted by Gasteiger charge is 2.09. The van der Waals surface area contributed by atoms with E-state index >= 15 is 0 Å². The van der Waals surface area contributed by atoms with Gasteiger partial charge in [-0.1, -0.05) is 13.8 Å². The van der Waals surface area contributed by atoms with Crippen LogP contribution in [0.2, 0.25) is 0 Å². The van der Waals surface area contributed by atoms with Gasteiger partial charge in [-0.3, -0.25) is 10.1 Å². The number of hydrogen-bond donors (Lipinski definition) is 1. The molecular formula is C15H22N2O3. The van der Waals surface area contributed by atoms with Crippen LogP contribution in [0, 0.1) is 0 Å². The van der Waals surface area contributed by atoms with Crippen molar-refractivity contribution < 1.29 is 14.3 Å². The van der Waals surface area contributed by atoms with Crippen LogP contribution in [-0.4, -0.2) is 32.2 Å². The summed E-state index contributed by atoms with van der Waals surface area (Å²) in [6, 6.07) is 7.17. The number of aliphatic imine (C=N–C) groups is 1. The van der Waals surface area contributed by atoms with E-state index in [2.05, 4.69) is 10.3 Å². The van der Waals surface area contributed by atoms with Crippen molar-refractivity contribution in [1.29, 1.82) is 0 Å². The van der Waals surface area contributed by atoms with E-state index < -0.39 is 0 Å². The van der Waals surface area contributed by atoms with Crippen LogP contribution in [0.25, 0.3) is 0 Å². The smallest absolute Gasteiger partial charge is 0.291 e. The maximum Gasteiger partial charge on any atom is 0.291 e. The second-order valence-electron chi connectivity index (χ2n) is 4.22. The Bertz CT molecular complexity index is 441. The first-order chi connectivity index (χ1) is 9.71. The molecule has 0 bridgehead atoms. The molecule has 1 aromatic carbocycles. The van der Waals surface area contributed by atoms with E-state index in [4.69, 9.17) is 9.47 Å². The van der Waals surface area contributed by atoms with E-state index in [1.807, 2.05) is 13.8 Å². The molecule has 0 aliphatic carbocycles. The number of benzene rings is 1. The van der Waals surface area contributed by atoms with Gasteiger partial charge in [0.2, 0.25) is 0 Å². The minimum absolute atomic E-state index is 0.237. The third-order valence-electron chi connectivity index (χ3n) is 2.49. The van der Waals surface area contributed by atoms with Crippen LogP contribution in [0.15, 0.2) is 29.3 Å². The van der Waals surface area contributed by atoms with E-state index in [-0.39, 0.29) is 11.9 Å². The molecular weight excluding hydrogens is 256 g/mol. The summed E-state index contributed by atoms with van der Waals surface area (Å²) in [4.78, 5) is 16.3. The molecule has 5 nitrogen and oxygen atoms in total. The molecule has 1 aromatic rings. The molecule has 1 amide bonds. The lowest BCUT2D eigenvalue weighted by atomic mass is 10.2. The maximum atomic E-state index is 12.1. The van der Waals surface area contributed by atoms with Gasteiger partial charge < -0.3 is 9.47 Å². The summed E-state index contributed by atoms with van der Waals surface area (Å²) in [5.41, 5.74) is 0.537. The largest absolute Gasteiger partial charge is 0.497 e. The van der Waals surface area contributed by atoms with Crippen LogP contribution in [0.1, 0.15) is 37.0 Å². The first-order valence-electron chi connectivity index (χ1n) is 6.83. The Morgan fingerprint density at radius 1 is 1.20 bits per heavy atom. The predicted octanol–water partition coefficient (Wildman–Crippen LogP) is 2.62. The number of nitrogens with one attached hydrogen (secondary N) is 1. The summed E-state index contributed by atoms with van der Waals surface area (Å²) in [5, 5.41) is 2.69. The number of carbonyl (C=O) groups excluding carboxylic acids is 1. The predicted molar refractivity (Wildman–Crippen MR) is 79.3 cm³/mol. The SMILES string of the molecule is CCCN=C(NC(=O)c1ccc(OC)cc1)OCCC. The topological polar surface area (TPSA) is 59.9 Å². The standard InChI is InChI=1S/C15H22N2O3/c1-4-10-16-15(20-11-5-2)17-14(18)12-6-8-13(19-3)9-7-12/h6-9H,4-5,10-11H2,1-3H3,(H,16,17,18). The highest BCUT2D eigenvalue weighted by atomic mass is 16.5. The van der Waals surface area contributed by atoms with Gasteiger partial charge in [0.05, 0.1) is 13.7 Å². The van der Waals surface area contributed by atoms with Gasteiger partial charge in [-0.05, 0) is 37.1 Å². The minimum atomic E-state index is -0.237. The molecule has 0 aromatic heterocycles. The van der Waals surface area contributed by atoms with Gasteiger partial charge in [-0.25, -0.2) is 4.99 Å². The lowest BCUT2D eigenvalue weighted by molar-refractivity contribution is 0.0965. The van der Waals surface area contributed by atoms with Gasteiger partial charge in [0.15, 0.2) is 0 Å². The van der Waals surface area contributed by atoms with Gasteiger partial charge >= 0.3 is 0 Å². The number of hydrogen-bond acceptors (Lipinski definition) is 4. The van der Waals surface area contributed by atoms with Crippen LogP contribution in [0.5, 0.6) is 5.75 Å². The monoisotopic (exact) mass is 278 g/mol. The van der Waals surface area contributed by atoms with Crippen molar-refractivity contribution in [3.05, 3.63) is 29.8 Å². The summed E-state index contributed by atoms with van der Waals surface area (Å²) in [6.45, 7) is 5.18. The van der Waals surface area contributed by atoms with Crippen LogP contribution in [-0.2, 0) is 4.74 Å². The van der Waals surface area contributed by atoms with Crippen molar-refractivity contribution >= 4 is 11.9 Å². The van der Waals surface area contributed by atoms with E-state index in [1.54, 1.807) is 31.4 Å². The molecule has 1 N–H and O–H groups in total. The lowest BCUT2D eigenvalue weighted by Gasteiger charge is -2.10. The Morgan fingerprint density at radius 3 is 2.45 bits per heavy atom. The fourth-order valence-corrected chi connectivity index (χ4v) is 1.45. The average Bonchev–Trinajstić information content (AvgIpc) is 2.49. The Hall–Kier alpha value is -2.04. The number of nitrogens with zero attached hydrogens (tertiary/aromatic N) is 1. The van der Waals surface area contributed by atoms with E-state index in [9.17, 15) is 4.79 Å². The van der Waals surface area contributed by atoms with Crippen LogP contribution < -0.4 is 10.1 Å². The van der Waals surface area contributed by atoms with Crippen molar-refractivity contribution in [2.45, 2.75) is 26.7 Å². The van der Waals surface area contributed by atoms with Gasteiger partial charge in [0, 0.05) is 12.1 Å². The molecule has 0 saturated heterocycles. The van der Waals surface area contributed by atoms with E-state index in [0.29, 0.717) is 24.5 Å². The van der Waals surface area contributed by atoms with Gasteiger partial charge in [-0.15, -0.1) is 0 Å². The Balaban J connectivity index is 2.68. The molecule has 0 saturated carbocycles. The second-order valence-corrected chi connectivity index (χ2v) is 4.22. The Kier molecular flexibility index (Phi) is 7.17. The van der Waals surface area contributed by atoms with Crippen molar-refractivity contribution in [3.63, 3.8) is 0 Å². The molecule has 0 unspecified atom stereocenters. The van der Waals surface area contributed by atoms with Gasteiger partial charge in [0.25, 0.3) is 11.9 Å². The van der Waals surface area contributed by atoms with Crippen molar-refractivity contribution in [1.82, 2.24) is 5.32 Å². The zero-order valence-electron chi connectivity index (χ0n) is 12.3. The third kappa shape index (κ3) is 5.30. The quantitative estimate of drug-likeness (QED) is 0.642. The molecule has 0 aliphatic rings. The molecule has 0 fully saturated rings. The number of ether oxygens (including phenoxy) is 2. The average molecular weight is 278 g/mol. The lowest BCUT2D eigenvalue weighted by Crippen LogP contribution is -2.33. The molecule has 0 heterocycles. The molecule has 5 heteroatoms. The fourth-order valence-electron chi connectivity index (χ4n) is 1.45. The Morgan fingerprint density at radius 2 is 1.90 bits per heavy atom. The fraction of sp³-hybridized carbons (Fsp3) is 0.467. The van der Waals surface area contributed by atoms with Crippen molar-refractivity contribution in [2.24, 2.45) is 4.99 Å². The number of amides is 1.